The summed E-state index contributed by atoms with van der Waals surface area (Å²) in [5, 5.41) is 35.0. The molecule has 164 valence electrons. The summed E-state index contributed by atoms with van der Waals surface area (Å²) in [5.41, 5.74) is 0.331. The van der Waals surface area contributed by atoms with E-state index < -0.39 is 11.7 Å². The summed E-state index contributed by atoms with van der Waals surface area (Å²) in [6.07, 6.45) is 13.6. The van der Waals surface area contributed by atoms with Gasteiger partial charge in [-0.05, 0) is 106 Å². The monoisotopic (exact) mass is 411 g/mol. The molecule has 1 aromatic rings. The lowest BCUT2D eigenvalue weighted by Crippen LogP contribution is -2.51. The van der Waals surface area contributed by atoms with Gasteiger partial charge >= 0.3 is 0 Å². The van der Waals surface area contributed by atoms with E-state index in [0.717, 1.165) is 48.9 Å². The number of fused-ring (bicyclic) bond motifs is 5. The minimum Gasteiger partial charge on any atom is -0.391 e. The Bertz CT molecular complexity index is 827. The number of nitrogens with zero attached hydrogens (tertiary/aromatic N) is 3. The van der Waals surface area contributed by atoms with Gasteiger partial charge in [0.2, 0.25) is 0 Å². The first-order valence-electron chi connectivity index (χ1n) is 12.1. The fourth-order valence-corrected chi connectivity index (χ4v) is 8.59. The Kier molecular flexibility index (Phi) is 5.02. The molecule has 9 atom stereocenters. The van der Waals surface area contributed by atoms with Crippen molar-refractivity contribution in [2.75, 3.05) is 0 Å². The average Bonchev–Trinajstić information content (AvgIpc) is 3.30. The molecule has 0 aliphatic heterocycles. The van der Waals surface area contributed by atoms with Crippen molar-refractivity contribution in [3.63, 3.8) is 0 Å². The first-order valence-corrected chi connectivity index (χ1v) is 12.1. The van der Waals surface area contributed by atoms with Crippen LogP contribution in [-0.2, 0) is 6.54 Å². The molecule has 0 spiro atoms. The number of hydrogen-bond donors (Lipinski definition) is 2. The second-order valence-corrected chi connectivity index (χ2v) is 11.5. The normalized spacial score (nSPS) is 46.4. The van der Waals surface area contributed by atoms with E-state index in [1.807, 2.05) is 6.92 Å². The molecule has 1 unspecified atom stereocenters. The van der Waals surface area contributed by atoms with E-state index in [0.29, 0.717) is 18.0 Å². The number of nitriles is 1. The van der Waals surface area contributed by atoms with Crippen molar-refractivity contribution in [2.24, 2.45) is 40.9 Å². The van der Waals surface area contributed by atoms with Gasteiger partial charge in [0.15, 0.2) is 0 Å². The molecule has 5 nitrogen and oxygen atoms in total. The maximum atomic E-state index is 11.2. The molecule has 30 heavy (non-hydrogen) atoms. The lowest BCUT2D eigenvalue weighted by molar-refractivity contribution is -0.108. The predicted molar refractivity (Wildman–Crippen MR) is 114 cm³/mol. The average molecular weight is 412 g/mol. The van der Waals surface area contributed by atoms with E-state index in [9.17, 15) is 10.2 Å². The maximum absolute atomic E-state index is 11.2. The highest BCUT2D eigenvalue weighted by molar-refractivity contribution is 5.21. The molecule has 0 saturated heterocycles. The molecule has 4 fully saturated rings. The highest BCUT2D eigenvalue weighted by atomic mass is 16.3. The molecule has 5 heteroatoms. The van der Waals surface area contributed by atoms with Gasteiger partial charge in [0, 0.05) is 6.20 Å². The molecule has 0 radical (unpaired) electrons. The van der Waals surface area contributed by atoms with Crippen LogP contribution in [0.5, 0.6) is 0 Å². The van der Waals surface area contributed by atoms with Crippen LogP contribution in [0, 0.1) is 52.3 Å². The van der Waals surface area contributed by atoms with Crippen molar-refractivity contribution >= 4 is 0 Å². The Hall–Kier alpha value is -1.38. The molecular weight excluding hydrogens is 374 g/mol. The minimum absolute atomic E-state index is 0.221. The zero-order chi connectivity index (χ0) is 21.1. The van der Waals surface area contributed by atoms with Crippen molar-refractivity contribution in [3.8, 4) is 6.07 Å². The van der Waals surface area contributed by atoms with Crippen molar-refractivity contribution < 1.29 is 10.2 Å². The summed E-state index contributed by atoms with van der Waals surface area (Å²) < 4.78 is 1.74. The summed E-state index contributed by atoms with van der Waals surface area (Å²) in [4.78, 5) is 0. The van der Waals surface area contributed by atoms with Crippen LogP contribution in [0.4, 0.5) is 0 Å². The van der Waals surface area contributed by atoms with Gasteiger partial charge in [-0.1, -0.05) is 6.92 Å². The second-order valence-electron chi connectivity index (χ2n) is 11.5. The van der Waals surface area contributed by atoms with Crippen LogP contribution in [0.1, 0.15) is 77.2 Å². The summed E-state index contributed by atoms with van der Waals surface area (Å²) >= 11 is 0. The van der Waals surface area contributed by atoms with Crippen LogP contribution >= 0.6 is 0 Å². The maximum Gasteiger partial charge on any atom is 0.102 e. The first kappa shape index (κ1) is 20.5. The summed E-state index contributed by atoms with van der Waals surface area (Å²) in [5.74, 6) is 4.22. The molecular formula is C25H37N3O2. The first-order chi connectivity index (χ1) is 14.3. The predicted octanol–water partition coefficient (Wildman–Crippen LogP) is 4.14. The van der Waals surface area contributed by atoms with Gasteiger partial charge in [-0.15, -0.1) is 0 Å². The van der Waals surface area contributed by atoms with E-state index >= 15 is 0 Å². The van der Waals surface area contributed by atoms with Gasteiger partial charge in [-0.25, -0.2) is 0 Å². The lowest BCUT2D eigenvalue weighted by Gasteiger charge is -2.57. The van der Waals surface area contributed by atoms with Crippen LogP contribution in [-0.4, -0.2) is 31.7 Å². The standard InChI is InChI=1S/C25H37N3O2/c1-24(30)9-7-18-17(11-24)3-4-20-19(18)8-10-25(2)21(20)5-6-22(25)23(29)15-28-14-16(12-26)13-27-28/h13-14,17-23,29-30H,3-11,15H2,1-2H3/t17-,18+,19-,20-,21+,22?,23+,24-,25+/m1/s1. The Morgan fingerprint density at radius 3 is 2.70 bits per heavy atom. The zero-order valence-corrected chi connectivity index (χ0v) is 18.5. The van der Waals surface area contributed by atoms with Gasteiger partial charge in [-0.2, -0.15) is 10.4 Å². The van der Waals surface area contributed by atoms with Crippen molar-refractivity contribution in [1.29, 1.82) is 5.26 Å². The van der Waals surface area contributed by atoms with E-state index in [2.05, 4.69) is 18.1 Å². The van der Waals surface area contributed by atoms with Gasteiger partial charge < -0.3 is 10.2 Å². The van der Waals surface area contributed by atoms with Gasteiger partial charge in [0.1, 0.15) is 6.07 Å². The van der Waals surface area contributed by atoms with Crippen LogP contribution in [0.2, 0.25) is 0 Å². The minimum atomic E-state index is -0.447. The van der Waals surface area contributed by atoms with E-state index in [1.165, 1.54) is 38.5 Å². The number of rotatable bonds is 3. The number of aromatic nitrogens is 2. The summed E-state index contributed by atoms with van der Waals surface area (Å²) in [6.45, 7) is 4.98. The Labute approximate surface area is 180 Å². The third-order valence-corrected chi connectivity index (χ3v) is 9.91. The quantitative estimate of drug-likeness (QED) is 0.783. The highest BCUT2D eigenvalue weighted by Gasteiger charge is 2.58. The summed E-state index contributed by atoms with van der Waals surface area (Å²) in [7, 11) is 0. The molecule has 4 aliphatic rings. The van der Waals surface area contributed by atoms with Crippen LogP contribution in [0.25, 0.3) is 0 Å². The van der Waals surface area contributed by atoms with Crippen molar-refractivity contribution in [3.05, 3.63) is 18.0 Å². The SMILES string of the molecule is C[C@@]1(O)CC[C@H]2[C@H](CC[C@@H]3[C@@H]2CC[C@]2(C)C([C@@H](O)Cn4cc(C#N)cn4)CC[C@@H]32)C1. The highest BCUT2D eigenvalue weighted by Crippen LogP contribution is 2.65. The van der Waals surface area contributed by atoms with Crippen LogP contribution in [0.3, 0.4) is 0 Å². The molecule has 4 aliphatic carbocycles. The van der Waals surface area contributed by atoms with Crippen LogP contribution < -0.4 is 0 Å². The van der Waals surface area contributed by atoms with E-state index in [-0.39, 0.29) is 5.41 Å². The smallest absolute Gasteiger partial charge is 0.102 e. The van der Waals surface area contributed by atoms with Gasteiger partial charge in [0.05, 0.1) is 30.0 Å². The molecule has 4 saturated carbocycles. The van der Waals surface area contributed by atoms with E-state index in [4.69, 9.17) is 5.26 Å². The number of aliphatic hydroxyl groups is 2. The van der Waals surface area contributed by atoms with Crippen molar-refractivity contribution in [2.45, 2.75) is 89.9 Å². The van der Waals surface area contributed by atoms with E-state index in [1.54, 1.807) is 17.1 Å². The molecule has 5 rings (SSSR count). The Morgan fingerprint density at radius 2 is 1.93 bits per heavy atom. The van der Waals surface area contributed by atoms with Gasteiger partial charge in [0.25, 0.3) is 0 Å². The number of hydrogen-bond acceptors (Lipinski definition) is 4. The topological polar surface area (TPSA) is 82.1 Å². The molecule has 0 aromatic carbocycles. The van der Waals surface area contributed by atoms with Gasteiger partial charge in [-0.3, -0.25) is 4.68 Å². The van der Waals surface area contributed by atoms with Crippen molar-refractivity contribution in [1.82, 2.24) is 9.78 Å². The molecule has 1 aromatic heterocycles. The fraction of sp³-hybridized carbons (Fsp3) is 0.840. The summed E-state index contributed by atoms with van der Waals surface area (Å²) in [6, 6.07) is 2.12. The second kappa shape index (κ2) is 7.35. The lowest BCUT2D eigenvalue weighted by atomic mass is 9.49. The number of aliphatic hydroxyl groups excluding tert-OH is 1. The zero-order valence-electron chi connectivity index (χ0n) is 18.5. The Morgan fingerprint density at radius 1 is 1.13 bits per heavy atom. The third kappa shape index (κ3) is 3.31. The largest absolute Gasteiger partial charge is 0.391 e. The molecule has 2 N–H and O–H groups in total. The molecule has 1 heterocycles. The molecule has 0 bridgehead atoms. The Balaban J connectivity index is 1.30. The van der Waals surface area contributed by atoms with Crippen LogP contribution in [0.15, 0.2) is 12.4 Å². The molecule has 0 amide bonds. The third-order valence-electron chi connectivity index (χ3n) is 9.91. The fourth-order valence-electron chi connectivity index (χ4n) is 8.59.